The van der Waals surface area contributed by atoms with Gasteiger partial charge in [0.2, 0.25) is 0 Å². The van der Waals surface area contributed by atoms with E-state index in [1.807, 2.05) is 4.90 Å². The number of hydrogen-bond acceptors (Lipinski definition) is 4. The van der Waals surface area contributed by atoms with Crippen molar-refractivity contribution in [3.8, 4) is 5.75 Å². The second-order valence-corrected chi connectivity index (χ2v) is 6.24. The van der Waals surface area contributed by atoms with Gasteiger partial charge in [-0.2, -0.15) is 0 Å². The SMILES string of the molecule is CCOC(=O)c1c(F)c(Cl)cc2c1OCCN2CCc1ccc(F)cc1. The van der Waals surface area contributed by atoms with Gasteiger partial charge in [0.05, 0.1) is 23.9 Å². The zero-order valence-electron chi connectivity index (χ0n) is 14.2. The van der Waals surface area contributed by atoms with Gasteiger partial charge in [0.1, 0.15) is 18.0 Å². The number of ether oxygens (including phenoxy) is 2. The van der Waals surface area contributed by atoms with E-state index in [-0.39, 0.29) is 28.8 Å². The number of hydrogen-bond donors (Lipinski definition) is 0. The van der Waals surface area contributed by atoms with Crippen molar-refractivity contribution in [2.45, 2.75) is 13.3 Å². The molecule has 0 radical (unpaired) electrons. The zero-order valence-corrected chi connectivity index (χ0v) is 15.0. The monoisotopic (exact) mass is 381 g/mol. The molecule has 1 aliphatic heterocycles. The highest BCUT2D eigenvalue weighted by atomic mass is 35.5. The third-order valence-corrected chi connectivity index (χ3v) is 4.44. The summed E-state index contributed by atoms with van der Waals surface area (Å²) in [5, 5.41) is -0.163. The molecule has 0 saturated carbocycles. The molecule has 1 aliphatic rings. The summed E-state index contributed by atoms with van der Waals surface area (Å²) in [4.78, 5) is 14.1. The lowest BCUT2D eigenvalue weighted by Gasteiger charge is -2.32. The molecule has 0 spiro atoms. The van der Waals surface area contributed by atoms with Crippen molar-refractivity contribution in [1.29, 1.82) is 0 Å². The molecule has 138 valence electrons. The number of halogens is 3. The van der Waals surface area contributed by atoms with Crippen molar-refractivity contribution in [2.24, 2.45) is 0 Å². The van der Waals surface area contributed by atoms with Gasteiger partial charge in [-0.1, -0.05) is 23.7 Å². The summed E-state index contributed by atoms with van der Waals surface area (Å²) in [5.41, 5.74) is 1.24. The van der Waals surface area contributed by atoms with Crippen LogP contribution in [0.2, 0.25) is 5.02 Å². The van der Waals surface area contributed by atoms with E-state index in [2.05, 4.69) is 0 Å². The Bertz CT molecular complexity index is 811. The summed E-state index contributed by atoms with van der Waals surface area (Å²) in [6, 6.07) is 7.72. The van der Waals surface area contributed by atoms with E-state index in [1.54, 1.807) is 19.1 Å². The van der Waals surface area contributed by atoms with Gasteiger partial charge >= 0.3 is 5.97 Å². The van der Waals surface area contributed by atoms with Gasteiger partial charge in [-0.15, -0.1) is 0 Å². The van der Waals surface area contributed by atoms with Crippen molar-refractivity contribution in [3.05, 3.63) is 58.1 Å². The number of carbonyl (C=O) groups excluding carboxylic acids is 1. The Labute approximate surface area is 155 Å². The van der Waals surface area contributed by atoms with Gasteiger partial charge in [-0.05, 0) is 37.1 Å². The molecule has 0 fully saturated rings. The Hall–Kier alpha value is -2.34. The molecular weight excluding hydrogens is 364 g/mol. The number of rotatable bonds is 5. The Morgan fingerprint density at radius 1 is 1.31 bits per heavy atom. The molecule has 0 bridgehead atoms. The van der Waals surface area contributed by atoms with E-state index in [4.69, 9.17) is 21.1 Å². The summed E-state index contributed by atoms with van der Waals surface area (Å²) in [6.45, 7) is 3.23. The maximum Gasteiger partial charge on any atom is 0.345 e. The minimum absolute atomic E-state index is 0.119. The molecule has 2 aromatic rings. The first-order valence-electron chi connectivity index (χ1n) is 8.32. The van der Waals surface area contributed by atoms with Crippen molar-refractivity contribution in [1.82, 2.24) is 0 Å². The van der Waals surface area contributed by atoms with Crippen LogP contribution in [0.4, 0.5) is 14.5 Å². The lowest BCUT2D eigenvalue weighted by molar-refractivity contribution is 0.0515. The predicted octanol–water partition coefficient (Wildman–Crippen LogP) is 4.24. The van der Waals surface area contributed by atoms with Crippen LogP contribution in [0.25, 0.3) is 0 Å². The molecule has 7 heteroatoms. The molecule has 0 aromatic heterocycles. The van der Waals surface area contributed by atoms with E-state index in [1.165, 1.54) is 18.2 Å². The Morgan fingerprint density at radius 3 is 2.73 bits per heavy atom. The standard InChI is InChI=1S/C19H18ClF2NO3/c1-2-25-19(24)16-17(22)14(20)11-15-18(16)26-10-9-23(15)8-7-12-3-5-13(21)6-4-12/h3-6,11H,2,7-10H2,1H3. The minimum atomic E-state index is -0.843. The number of benzene rings is 2. The van der Waals surface area contributed by atoms with Crippen LogP contribution in [0.5, 0.6) is 5.75 Å². The first kappa shape index (κ1) is 18.5. The second-order valence-electron chi connectivity index (χ2n) is 5.83. The normalized spacial score (nSPS) is 13.2. The van der Waals surface area contributed by atoms with Gasteiger partial charge in [0.25, 0.3) is 0 Å². The van der Waals surface area contributed by atoms with Gasteiger partial charge in [0, 0.05) is 6.54 Å². The molecule has 2 aromatic carbocycles. The van der Waals surface area contributed by atoms with Gasteiger partial charge < -0.3 is 14.4 Å². The fourth-order valence-electron chi connectivity index (χ4n) is 2.89. The minimum Gasteiger partial charge on any atom is -0.489 e. The lowest BCUT2D eigenvalue weighted by Crippen LogP contribution is -2.35. The molecule has 4 nitrogen and oxygen atoms in total. The van der Waals surface area contributed by atoms with E-state index in [0.29, 0.717) is 31.8 Å². The molecule has 0 N–H and O–H groups in total. The summed E-state index contributed by atoms with van der Waals surface area (Å²) in [5.74, 6) is -1.78. The largest absolute Gasteiger partial charge is 0.489 e. The van der Waals surface area contributed by atoms with Crippen molar-refractivity contribution in [3.63, 3.8) is 0 Å². The summed E-state index contributed by atoms with van der Waals surface area (Å²) < 4.78 is 37.9. The highest BCUT2D eigenvalue weighted by molar-refractivity contribution is 6.31. The number of fused-ring (bicyclic) bond motifs is 1. The number of anilines is 1. The van der Waals surface area contributed by atoms with Crippen LogP contribution in [-0.2, 0) is 11.2 Å². The fourth-order valence-corrected chi connectivity index (χ4v) is 3.09. The van der Waals surface area contributed by atoms with E-state index in [0.717, 1.165) is 5.56 Å². The molecule has 0 atom stereocenters. The number of esters is 1. The average molecular weight is 382 g/mol. The third kappa shape index (κ3) is 3.75. The first-order chi connectivity index (χ1) is 12.5. The van der Waals surface area contributed by atoms with Crippen molar-refractivity contribution < 1.29 is 23.0 Å². The van der Waals surface area contributed by atoms with E-state index >= 15 is 0 Å². The highest BCUT2D eigenvalue weighted by Gasteiger charge is 2.30. The van der Waals surface area contributed by atoms with Crippen molar-refractivity contribution in [2.75, 3.05) is 31.2 Å². The average Bonchev–Trinajstić information content (AvgIpc) is 2.62. The maximum absolute atomic E-state index is 14.4. The van der Waals surface area contributed by atoms with E-state index < -0.39 is 11.8 Å². The van der Waals surface area contributed by atoms with Crippen LogP contribution < -0.4 is 9.64 Å². The smallest absolute Gasteiger partial charge is 0.345 e. The van der Waals surface area contributed by atoms with Crippen LogP contribution in [0.15, 0.2) is 30.3 Å². The van der Waals surface area contributed by atoms with Crippen LogP contribution in [0, 0.1) is 11.6 Å². The van der Waals surface area contributed by atoms with Gasteiger partial charge in [-0.25, -0.2) is 13.6 Å². The third-order valence-electron chi connectivity index (χ3n) is 4.16. The zero-order chi connectivity index (χ0) is 18.7. The van der Waals surface area contributed by atoms with Crippen LogP contribution in [0.1, 0.15) is 22.8 Å². The predicted molar refractivity (Wildman–Crippen MR) is 95.2 cm³/mol. The van der Waals surface area contributed by atoms with Gasteiger partial charge in [0.15, 0.2) is 11.6 Å². The summed E-state index contributed by atoms with van der Waals surface area (Å²) in [7, 11) is 0. The summed E-state index contributed by atoms with van der Waals surface area (Å²) in [6.07, 6.45) is 0.656. The Balaban J connectivity index is 1.89. The Kier molecular flexibility index (Phi) is 5.61. The molecule has 26 heavy (non-hydrogen) atoms. The Morgan fingerprint density at radius 2 is 2.04 bits per heavy atom. The molecule has 0 saturated heterocycles. The molecule has 0 unspecified atom stereocenters. The van der Waals surface area contributed by atoms with E-state index in [9.17, 15) is 13.6 Å². The fraction of sp³-hybridized carbons (Fsp3) is 0.316. The van der Waals surface area contributed by atoms with Crippen LogP contribution in [0.3, 0.4) is 0 Å². The molecule has 0 amide bonds. The molecular formula is C19H18ClF2NO3. The van der Waals surface area contributed by atoms with Crippen LogP contribution >= 0.6 is 11.6 Å². The van der Waals surface area contributed by atoms with Crippen molar-refractivity contribution >= 4 is 23.3 Å². The quantitative estimate of drug-likeness (QED) is 0.726. The molecule has 1 heterocycles. The molecule has 0 aliphatic carbocycles. The number of nitrogens with zero attached hydrogens (tertiary/aromatic N) is 1. The number of carbonyl (C=O) groups is 1. The topological polar surface area (TPSA) is 38.8 Å². The molecule has 3 rings (SSSR count). The van der Waals surface area contributed by atoms with Gasteiger partial charge in [-0.3, -0.25) is 0 Å². The lowest BCUT2D eigenvalue weighted by atomic mass is 10.1. The maximum atomic E-state index is 14.4. The highest BCUT2D eigenvalue weighted by Crippen LogP contribution is 2.40. The first-order valence-corrected chi connectivity index (χ1v) is 8.70. The van der Waals surface area contributed by atoms with Crippen LogP contribution in [-0.4, -0.2) is 32.3 Å². The summed E-state index contributed by atoms with van der Waals surface area (Å²) >= 11 is 5.99. The second kappa shape index (κ2) is 7.91.